The quantitative estimate of drug-likeness (QED) is 0.702. The molecule has 0 fully saturated rings. The highest BCUT2D eigenvalue weighted by atomic mass is 35.5. The number of rotatable bonds is 6. The molecule has 3 nitrogen and oxygen atoms in total. The Labute approximate surface area is 94.1 Å². The second-order valence-electron chi connectivity index (χ2n) is 2.90. The predicted octanol–water partition coefficient (Wildman–Crippen LogP) is 1.76. The highest BCUT2D eigenvalue weighted by Crippen LogP contribution is 2.01. The summed E-state index contributed by atoms with van der Waals surface area (Å²) in [5, 5.41) is 0. The predicted molar refractivity (Wildman–Crippen MR) is 58.7 cm³/mol. The Morgan fingerprint density at radius 1 is 1.07 bits per heavy atom. The molecule has 0 N–H and O–H groups in total. The molecule has 0 spiro atoms. The van der Waals surface area contributed by atoms with E-state index in [9.17, 15) is 0 Å². The van der Waals surface area contributed by atoms with E-state index in [1.807, 2.05) is 12.4 Å². The summed E-state index contributed by atoms with van der Waals surface area (Å²) in [5.74, 6) is 1.23. The first-order valence-electron chi connectivity index (χ1n) is 4.45. The number of hydrogen-bond donors (Lipinski definition) is 0. The molecule has 0 amide bonds. The second kappa shape index (κ2) is 6.98. The van der Waals surface area contributed by atoms with Crippen molar-refractivity contribution in [3.8, 4) is 0 Å². The van der Waals surface area contributed by atoms with Gasteiger partial charge in [-0.05, 0) is 0 Å². The Kier molecular flexibility index (Phi) is 5.83. The van der Waals surface area contributed by atoms with Crippen molar-refractivity contribution < 1.29 is 0 Å². The largest absolute Gasteiger partial charge is 0.297 e. The number of halogens is 2. The van der Waals surface area contributed by atoms with E-state index >= 15 is 0 Å². The van der Waals surface area contributed by atoms with Crippen molar-refractivity contribution in [2.24, 2.45) is 0 Å². The van der Waals surface area contributed by atoms with Crippen LogP contribution in [0.15, 0.2) is 18.7 Å². The first kappa shape index (κ1) is 11.7. The number of hydrogen-bond acceptors (Lipinski definition) is 3. The topological polar surface area (TPSA) is 29.0 Å². The Balaban J connectivity index is 2.46. The van der Waals surface area contributed by atoms with E-state index in [1.165, 1.54) is 6.33 Å². The van der Waals surface area contributed by atoms with Gasteiger partial charge in [0.2, 0.25) is 0 Å². The lowest BCUT2D eigenvalue weighted by Crippen LogP contribution is -2.27. The van der Waals surface area contributed by atoms with Gasteiger partial charge in [-0.1, -0.05) is 0 Å². The first-order valence-corrected chi connectivity index (χ1v) is 5.52. The van der Waals surface area contributed by atoms with Gasteiger partial charge in [-0.25, -0.2) is 9.97 Å². The molecule has 0 aliphatic carbocycles. The summed E-state index contributed by atoms with van der Waals surface area (Å²) in [6, 6.07) is 0. The van der Waals surface area contributed by atoms with Crippen molar-refractivity contribution in [1.29, 1.82) is 0 Å². The molecule has 1 rings (SSSR count). The van der Waals surface area contributed by atoms with Gasteiger partial charge >= 0.3 is 0 Å². The molecule has 0 radical (unpaired) electrons. The fraction of sp³-hybridized carbons (Fsp3) is 0.556. The number of aromatic nitrogens is 2. The molecule has 0 atom stereocenters. The van der Waals surface area contributed by atoms with Crippen molar-refractivity contribution in [1.82, 2.24) is 14.9 Å². The Morgan fingerprint density at radius 2 is 1.64 bits per heavy atom. The number of alkyl halides is 2. The molecule has 0 aliphatic rings. The molecule has 5 heteroatoms. The van der Waals surface area contributed by atoms with E-state index in [4.69, 9.17) is 23.2 Å². The van der Waals surface area contributed by atoms with Crippen LogP contribution in [0.4, 0.5) is 0 Å². The van der Waals surface area contributed by atoms with Gasteiger partial charge in [0.25, 0.3) is 0 Å². The second-order valence-corrected chi connectivity index (χ2v) is 3.66. The van der Waals surface area contributed by atoms with Crippen molar-refractivity contribution in [2.75, 3.05) is 24.8 Å². The van der Waals surface area contributed by atoms with E-state index in [1.54, 1.807) is 0 Å². The normalized spacial score (nSPS) is 10.8. The van der Waals surface area contributed by atoms with E-state index in [2.05, 4.69) is 14.9 Å². The maximum atomic E-state index is 5.68. The highest BCUT2D eigenvalue weighted by Gasteiger charge is 2.04. The lowest BCUT2D eigenvalue weighted by molar-refractivity contribution is 0.298. The van der Waals surface area contributed by atoms with E-state index in [-0.39, 0.29) is 0 Å². The van der Waals surface area contributed by atoms with Gasteiger partial charge in [-0.15, -0.1) is 23.2 Å². The summed E-state index contributed by atoms with van der Waals surface area (Å²) in [6.07, 6.45) is 5.14. The van der Waals surface area contributed by atoms with Gasteiger partial charge in [0.05, 0.1) is 0 Å². The summed E-state index contributed by atoms with van der Waals surface area (Å²) < 4.78 is 0. The minimum absolute atomic E-state index is 0.616. The molecule has 0 unspecified atom stereocenters. The molecule has 0 saturated heterocycles. The van der Waals surface area contributed by atoms with Crippen LogP contribution in [-0.4, -0.2) is 39.7 Å². The van der Waals surface area contributed by atoms with E-state index in [0.29, 0.717) is 11.8 Å². The average Bonchev–Trinajstić information content (AvgIpc) is 2.20. The van der Waals surface area contributed by atoms with Crippen LogP contribution in [-0.2, 0) is 6.54 Å². The summed E-state index contributed by atoms with van der Waals surface area (Å²) in [5.41, 5.74) is 1.09. The zero-order valence-electron chi connectivity index (χ0n) is 7.87. The van der Waals surface area contributed by atoms with Crippen molar-refractivity contribution in [3.05, 3.63) is 24.3 Å². The average molecular weight is 234 g/mol. The maximum Gasteiger partial charge on any atom is 0.115 e. The van der Waals surface area contributed by atoms with Crippen LogP contribution >= 0.6 is 23.2 Å². The minimum Gasteiger partial charge on any atom is -0.297 e. The van der Waals surface area contributed by atoms with Crippen molar-refractivity contribution in [3.63, 3.8) is 0 Å². The van der Waals surface area contributed by atoms with Gasteiger partial charge in [0.1, 0.15) is 6.33 Å². The SMILES string of the molecule is ClCCN(CCCl)Cc1cncnc1. The fourth-order valence-electron chi connectivity index (χ4n) is 1.18. The molecule has 1 aromatic heterocycles. The minimum atomic E-state index is 0.616. The molecule has 1 aromatic rings. The highest BCUT2D eigenvalue weighted by molar-refractivity contribution is 6.18. The lowest BCUT2D eigenvalue weighted by atomic mass is 10.3. The lowest BCUT2D eigenvalue weighted by Gasteiger charge is -2.19. The Hall–Kier alpha value is -0.380. The van der Waals surface area contributed by atoms with Crippen molar-refractivity contribution in [2.45, 2.75) is 6.54 Å². The van der Waals surface area contributed by atoms with Gasteiger partial charge in [0, 0.05) is 49.4 Å². The van der Waals surface area contributed by atoms with Gasteiger partial charge in [-0.2, -0.15) is 0 Å². The van der Waals surface area contributed by atoms with Crippen LogP contribution in [0.25, 0.3) is 0 Å². The van der Waals surface area contributed by atoms with Gasteiger partial charge in [0.15, 0.2) is 0 Å². The van der Waals surface area contributed by atoms with Gasteiger partial charge in [-0.3, -0.25) is 4.90 Å². The standard InChI is InChI=1S/C9H13Cl2N3/c10-1-3-14(4-2-11)7-9-5-12-8-13-6-9/h5-6,8H,1-4,7H2. The third-order valence-electron chi connectivity index (χ3n) is 1.82. The molecular formula is C9H13Cl2N3. The Morgan fingerprint density at radius 3 is 2.14 bits per heavy atom. The molecule has 78 valence electrons. The molecule has 0 aromatic carbocycles. The summed E-state index contributed by atoms with van der Waals surface area (Å²) in [4.78, 5) is 10.1. The summed E-state index contributed by atoms with van der Waals surface area (Å²) >= 11 is 11.4. The van der Waals surface area contributed by atoms with Crippen LogP contribution in [0, 0.1) is 0 Å². The van der Waals surface area contributed by atoms with Crippen LogP contribution in [0.5, 0.6) is 0 Å². The fourth-order valence-corrected chi connectivity index (χ4v) is 1.66. The maximum absolute atomic E-state index is 5.68. The monoisotopic (exact) mass is 233 g/mol. The molecule has 0 bridgehead atoms. The summed E-state index contributed by atoms with van der Waals surface area (Å²) in [7, 11) is 0. The zero-order chi connectivity index (χ0) is 10.2. The smallest absolute Gasteiger partial charge is 0.115 e. The van der Waals surface area contributed by atoms with Gasteiger partial charge < -0.3 is 0 Å². The molecule has 0 aliphatic heterocycles. The molecule has 0 saturated carbocycles. The van der Waals surface area contributed by atoms with Crippen LogP contribution in [0.3, 0.4) is 0 Å². The van der Waals surface area contributed by atoms with Crippen molar-refractivity contribution >= 4 is 23.2 Å². The third kappa shape index (κ3) is 4.22. The molecular weight excluding hydrogens is 221 g/mol. The molecule has 14 heavy (non-hydrogen) atoms. The number of nitrogens with zero attached hydrogens (tertiary/aromatic N) is 3. The van der Waals surface area contributed by atoms with Crippen LogP contribution in [0.1, 0.15) is 5.56 Å². The third-order valence-corrected chi connectivity index (χ3v) is 2.16. The molecule has 1 heterocycles. The Bertz CT molecular complexity index is 237. The zero-order valence-corrected chi connectivity index (χ0v) is 9.38. The van der Waals surface area contributed by atoms with Crippen LogP contribution in [0.2, 0.25) is 0 Å². The van der Waals surface area contributed by atoms with Crippen LogP contribution < -0.4 is 0 Å². The first-order chi connectivity index (χ1) is 6.86. The summed E-state index contributed by atoms with van der Waals surface area (Å²) in [6.45, 7) is 2.48. The van der Waals surface area contributed by atoms with E-state index in [0.717, 1.165) is 25.2 Å². The van der Waals surface area contributed by atoms with E-state index < -0.39 is 0 Å².